The zero-order valence-corrected chi connectivity index (χ0v) is 12.1. The van der Waals surface area contributed by atoms with E-state index in [0.29, 0.717) is 12.2 Å². The van der Waals surface area contributed by atoms with Gasteiger partial charge in [-0.1, -0.05) is 34.1 Å². The Labute approximate surface area is 117 Å². The van der Waals surface area contributed by atoms with Crippen molar-refractivity contribution in [3.8, 4) is 0 Å². The predicted molar refractivity (Wildman–Crippen MR) is 77.8 cm³/mol. The van der Waals surface area contributed by atoms with E-state index in [0.717, 1.165) is 14.6 Å². The van der Waals surface area contributed by atoms with Gasteiger partial charge in [-0.25, -0.2) is 0 Å². The number of anilines is 2. The summed E-state index contributed by atoms with van der Waals surface area (Å²) in [5, 5.41) is 3.30. The summed E-state index contributed by atoms with van der Waals surface area (Å²) in [6.07, 6.45) is 3.35. The maximum absolute atomic E-state index is 5.86. The van der Waals surface area contributed by atoms with Crippen LogP contribution in [0.25, 0.3) is 0 Å². The van der Waals surface area contributed by atoms with Crippen molar-refractivity contribution >= 4 is 43.2 Å². The predicted octanol–water partition coefficient (Wildman–Crippen LogP) is 3.80. The lowest BCUT2D eigenvalue weighted by atomic mass is 10.2. The molecule has 0 saturated carbocycles. The Morgan fingerprint density at radius 2 is 1.88 bits per heavy atom. The number of nitrogens with two attached hydrogens (primary N) is 1. The molecular formula is C12H11Br2N3. The summed E-state index contributed by atoms with van der Waals surface area (Å²) in [6, 6.07) is 8.07. The second-order valence-corrected chi connectivity index (χ2v) is 5.24. The van der Waals surface area contributed by atoms with E-state index in [1.807, 2.05) is 18.2 Å². The highest BCUT2D eigenvalue weighted by atomic mass is 79.9. The Kier molecular flexibility index (Phi) is 4.02. The quantitative estimate of drug-likeness (QED) is 0.879. The summed E-state index contributed by atoms with van der Waals surface area (Å²) in [6.45, 7) is 0.703. The minimum atomic E-state index is 0.631. The molecule has 0 spiro atoms. The van der Waals surface area contributed by atoms with Gasteiger partial charge < -0.3 is 11.1 Å². The lowest BCUT2D eigenvalue weighted by Crippen LogP contribution is -2.04. The van der Waals surface area contributed by atoms with Crippen molar-refractivity contribution in [2.24, 2.45) is 0 Å². The average Bonchev–Trinajstić information content (AvgIpc) is 2.30. The zero-order chi connectivity index (χ0) is 12.3. The molecule has 0 bridgehead atoms. The molecular weight excluding hydrogens is 346 g/mol. The van der Waals surface area contributed by atoms with E-state index in [2.05, 4.69) is 48.2 Å². The normalized spacial score (nSPS) is 10.2. The van der Waals surface area contributed by atoms with E-state index in [1.54, 1.807) is 12.4 Å². The summed E-state index contributed by atoms with van der Waals surface area (Å²) in [5.41, 5.74) is 8.54. The van der Waals surface area contributed by atoms with Crippen molar-refractivity contribution in [2.45, 2.75) is 6.54 Å². The Morgan fingerprint density at radius 3 is 2.59 bits per heavy atom. The Hall–Kier alpha value is -1.07. The van der Waals surface area contributed by atoms with Gasteiger partial charge in [0.15, 0.2) is 0 Å². The molecule has 2 rings (SSSR count). The first-order chi connectivity index (χ1) is 8.18. The topological polar surface area (TPSA) is 50.9 Å². The minimum Gasteiger partial charge on any atom is -0.396 e. The number of benzene rings is 1. The highest BCUT2D eigenvalue weighted by molar-refractivity contribution is 9.10. The van der Waals surface area contributed by atoms with Crippen LogP contribution < -0.4 is 11.1 Å². The van der Waals surface area contributed by atoms with Crippen LogP contribution in [0.15, 0.2) is 45.6 Å². The van der Waals surface area contributed by atoms with Gasteiger partial charge in [0.1, 0.15) is 0 Å². The fourth-order valence-electron chi connectivity index (χ4n) is 1.46. The molecule has 0 aliphatic heterocycles. The third-order valence-corrected chi connectivity index (χ3v) is 3.72. The van der Waals surface area contributed by atoms with E-state index < -0.39 is 0 Å². The molecule has 0 fully saturated rings. The first-order valence-corrected chi connectivity index (χ1v) is 6.63. The number of nitrogens with one attached hydrogen (secondary N) is 1. The van der Waals surface area contributed by atoms with Crippen molar-refractivity contribution in [3.05, 3.63) is 51.2 Å². The summed E-state index contributed by atoms with van der Waals surface area (Å²) in [7, 11) is 0. The minimum absolute atomic E-state index is 0.631. The molecule has 0 aliphatic rings. The second-order valence-electron chi connectivity index (χ2n) is 3.53. The van der Waals surface area contributed by atoms with Gasteiger partial charge in [0.2, 0.25) is 0 Å². The van der Waals surface area contributed by atoms with Gasteiger partial charge in [-0.2, -0.15) is 0 Å². The molecule has 0 amide bonds. The monoisotopic (exact) mass is 355 g/mol. The van der Waals surface area contributed by atoms with Crippen LogP contribution in [0.5, 0.6) is 0 Å². The van der Waals surface area contributed by atoms with Crippen LogP contribution in [0.4, 0.5) is 11.4 Å². The summed E-state index contributed by atoms with van der Waals surface area (Å²) in [5.74, 6) is 0. The van der Waals surface area contributed by atoms with Crippen molar-refractivity contribution < 1.29 is 0 Å². The SMILES string of the molecule is Nc1cncc(Br)c1NCc1ccccc1Br. The third kappa shape index (κ3) is 2.98. The first-order valence-electron chi connectivity index (χ1n) is 5.04. The van der Waals surface area contributed by atoms with Crippen molar-refractivity contribution in [2.75, 3.05) is 11.1 Å². The number of rotatable bonds is 3. The van der Waals surface area contributed by atoms with Crippen molar-refractivity contribution in [3.63, 3.8) is 0 Å². The lowest BCUT2D eigenvalue weighted by molar-refractivity contribution is 1.13. The number of halogens is 2. The molecule has 0 unspecified atom stereocenters. The van der Waals surface area contributed by atoms with Gasteiger partial charge in [0, 0.05) is 17.2 Å². The number of nitrogen functional groups attached to an aromatic ring is 1. The molecule has 88 valence electrons. The average molecular weight is 357 g/mol. The van der Waals surface area contributed by atoms with Crippen LogP contribution in [0, 0.1) is 0 Å². The fourth-order valence-corrected chi connectivity index (χ4v) is 2.37. The Morgan fingerprint density at radius 1 is 1.12 bits per heavy atom. The highest BCUT2D eigenvalue weighted by Crippen LogP contribution is 2.28. The van der Waals surface area contributed by atoms with Crippen LogP contribution >= 0.6 is 31.9 Å². The van der Waals surface area contributed by atoms with E-state index >= 15 is 0 Å². The van der Waals surface area contributed by atoms with Crippen LogP contribution in [0.3, 0.4) is 0 Å². The maximum atomic E-state index is 5.86. The molecule has 0 saturated heterocycles. The molecule has 2 aromatic rings. The molecule has 0 radical (unpaired) electrons. The van der Waals surface area contributed by atoms with Crippen LogP contribution in [0.1, 0.15) is 5.56 Å². The number of aromatic nitrogens is 1. The summed E-state index contributed by atoms with van der Waals surface area (Å²) >= 11 is 6.93. The van der Waals surface area contributed by atoms with Crippen LogP contribution in [0.2, 0.25) is 0 Å². The zero-order valence-electron chi connectivity index (χ0n) is 8.95. The first kappa shape index (κ1) is 12.4. The molecule has 1 aromatic heterocycles. The van der Waals surface area contributed by atoms with E-state index in [9.17, 15) is 0 Å². The van der Waals surface area contributed by atoms with Crippen LogP contribution in [-0.4, -0.2) is 4.98 Å². The van der Waals surface area contributed by atoms with E-state index in [4.69, 9.17) is 5.73 Å². The maximum Gasteiger partial charge on any atom is 0.0752 e. The van der Waals surface area contributed by atoms with Crippen molar-refractivity contribution in [1.82, 2.24) is 4.98 Å². The molecule has 1 aromatic carbocycles. The molecule has 5 heteroatoms. The molecule has 0 atom stereocenters. The second kappa shape index (κ2) is 5.51. The van der Waals surface area contributed by atoms with Gasteiger partial charge in [0.05, 0.1) is 22.0 Å². The number of pyridine rings is 1. The van der Waals surface area contributed by atoms with Gasteiger partial charge in [-0.05, 0) is 27.6 Å². The van der Waals surface area contributed by atoms with Gasteiger partial charge in [-0.15, -0.1) is 0 Å². The fraction of sp³-hybridized carbons (Fsp3) is 0.0833. The van der Waals surface area contributed by atoms with E-state index in [-0.39, 0.29) is 0 Å². The van der Waals surface area contributed by atoms with Gasteiger partial charge >= 0.3 is 0 Å². The number of hydrogen-bond donors (Lipinski definition) is 2. The Balaban J connectivity index is 2.16. The molecule has 3 N–H and O–H groups in total. The molecule has 0 aliphatic carbocycles. The van der Waals surface area contributed by atoms with Gasteiger partial charge in [-0.3, -0.25) is 4.98 Å². The smallest absolute Gasteiger partial charge is 0.0752 e. The van der Waals surface area contributed by atoms with Crippen LogP contribution in [-0.2, 0) is 6.54 Å². The molecule has 1 heterocycles. The summed E-state index contributed by atoms with van der Waals surface area (Å²) in [4.78, 5) is 4.00. The Bertz CT molecular complexity index is 509. The highest BCUT2D eigenvalue weighted by Gasteiger charge is 2.05. The largest absolute Gasteiger partial charge is 0.396 e. The number of hydrogen-bond acceptors (Lipinski definition) is 3. The standard InChI is InChI=1S/C12H11Br2N3/c13-9-4-2-1-3-8(9)5-17-12-10(14)6-16-7-11(12)15/h1-4,6-7H,5,15H2,(H,16,17). The third-order valence-electron chi connectivity index (χ3n) is 2.34. The van der Waals surface area contributed by atoms with E-state index in [1.165, 1.54) is 5.56 Å². The molecule has 3 nitrogen and oxygen atoms in total. The number of nitrogens with zero attached hydrogens (tertiary/aromatic N) is 1. The lowest BCUT2D eigenvalue weighted by Gasteiger charge is -2.11. The summed E-state index contributed by atoms with van der Waals surface area (Å²) < 4.78 is 1.95. The molecule has 17 heavy (non-hydrogen) atoms. The van der Waals surface area contributed by atoms with Crippen molar-refractivity contribution in [1.29, 1.82) is 0 Å². The van der Waals surface area contributed by atoms with Gasteiger partial charge in [0.25, 0.3) is 0 Å².